The van der Waals surface area contributed by atoms with Crippen molar-refractivity contribution >= 4 is 22.8 Å². The highest BCUT2D eigenvalue weighted by atomic mass is 16.5. The highest BCUT2D eigenvalue weighted by Crippen LogP contribution is 2.20. The van der Waals surface area contributed by atoms with Gasteiger partial charge in [0.15, 0.2) is 5.76 Å². The third-order valence-corrected chi connectivity index (χ3v) is 2.88. The lowest BCUT2D eigenvalue weighted by atomic mass is 10.2. The second-order valence-corrected chi connectivity index (χ2v) is 4.60. The van der Waals surface area contributed by atoms with Crippen LogP contribution >= 0.6 is 0 Å². The normalized spacial score (nSPS) is 12.2. The van der Waals surface area contributed by atoms with Crippen LogP contribution in [-0.4, -0.2) is 24.5 Å². The molecule has 0 saturated heterocycles. The van der Waals surface area contributed by atoms with Gasteiger partial charge in [-0.05, 0) is 39.0 Å². The van der Waals surface area contributed by atoms with Gasteiger partial charge in [0.1, 0.15) is 11.6 Å². The number of aryl methyl sites for hydroxylation is 1. The number of carbonyl (C=O) groups is 2. The maximum absolute atomic E-state index is 12.0. The first-order valence-corrected chi connectivity index (χ1v) is 6.49. The van der Waals surface area contributed by atoms with Crippen LogP contribution in [0, 0.1) is 6.92 Å². The molecule has 0 aliphatic rings. The van der Waals surface area contributed by atoms with Gasteiger partial charge >= 0.3 is 5.97 Å². The van der Waals surface area contributed by atoms with Crippen molar-refractivity contribution in [1.82, 2.24) is 5.32 Å². The molecule has 1 heterocycles. The van der Waals surface area contributed by atoms with E-state index in [1.54, 1.807) is 19.9 Å². The number of esters is 1. The molecule has 5 heteroatoms. The number of benzene rings is 1. The van der Waals surface area contributed by atoms with E-state index in [1.807, 2.05) is 25.1 Å². The first-order valence-electron chi connectivity index (χ1n) is 6.49. The SMILES string of the molecule is CCOC(=O)C(C)NC(=O)c1cc2cc(C)ccc2o1. The van der Waals surface area contributed by atoms with Gasteiger partial charge in [0.05, 0.1) is 6.61 Å². The number of amides is 1. The molecule has 20 heavy (non-hydrogen) atoms. The standard InChI is InChI=1S/C15H17NO4/c1-4-19-15(18)10(3)16-14(17)13-8-11-7-9(2)5-6-12(11)20-13/h5-8,10H,4H2,1-3H3,(H,16,17). The molecule has 2 aromatic rings. The Labute approximate surface area is 116 Å². The summed E-state index contributed by atoms with van der Waals surface area (Å²) in [5.74, 6) is -0.714. The lowest BCUT2D eigenvalue weighted by molar-refractivity contribution is -0.144. The summed E-state index contributed by atoms with van der Waals surface area (Å²) < 4.78 is 10.3. The van der Waals surface area contributed by atoms with Gasteiger partial charge in [0, 0.05) is 5.39 Å². The molecule has 0 fully saturated rings. The van der Waals surface area contributed by atoms with Crippen LogP contribution in [0.4, 0.5) is 0 Å². The van der Waals surface area contributed by atoms with Crippen molar-refractivity contribution in [2.24, 2.45) is 0 Å². The maximum Gasteiger partial charge on any atom is 0.328 e. The van der Waals surface area contributed by atoms with Crippen LogP contribution in [0.5, 0.6) is 0 Å². The molecule has 5 nitrogen and oxygen atoms in total. The van der Waals surface area contributed by atoms with E-state index in [-0.39, 0.29) is 12.4 Å². The van der Waals surface area contributed by atoms with Crippen molar-refractivity contribution in [3.8, 4) is 0 Å². The summed E-state index contributed by atoms with van der Waals surface area (Å²) in [5, 5.41) is 3.41. The topological polar surface area (TPSA) is 68.5 Å². The summed E-state index contributed by atoms with van der Waals surface area (Å²) in [6.07, 6.45) is 0. The van der Waals surface area contributed by atoms with E-state index >= 15 is 0 Å². The Bertz CT molecular complexity index is 644. The third kappa shape index (κ3) is 2.99. The molecule has 0 saturated carbocycles. The highest BCUT2D eigenvalue weighted by Gasteiger charge is 2.19. The van der Waals surface area contributed by atoms with Crippen molar-refractivity contribution in [3.63, 3.8) is 0 Å². The smallest absolute Gasteiger partial charge is 0.328 e. The molecule has 1 amide bonds. The van der Waals surface area contributed by atoms with Crippen LogP contribution in [0.1, 0.15) is 30.0 Å². The Morgan fingerprint density at radius 1 is 1.35 bits per heavy atom. The van der Waals surface area contributed by atoms with Crippen molar-refractivity contribution in [2.45, 2.75) is 26.8 Å². The van der Waals surface area contributed by atoms with Gasteiger partial charge in [-0.25, -0.2) is 4.79 Å². The van der Waals surface area contributed by atoms with Gasteiger partial charge < -0.3 is 14.5 Å². The summed E-state index contributed by atoms with van der Waals surface area (Å²) in [6, 6.07) is 6.61. The minimum atomic E-state index is -0.711. The average molecular weight is 275 g/mol. The predicted octanol–water partition coefficient (Wildman–Crippen LogP) is 2.42. The highest BCUT2D eigenvalue weighted by molar-refractivity contribution is 5.98. The van der Waals surface area contributed by atoms with E-state index < -0.39 is 17.9 Å². The minimum absolute atomic E-state index is 0.182. The molecule has 1 unspecified atom stereocenters. The number of fused-ring (bicyclic) bond motifs is 1. The fourth-order valence-electron chi connectivity index (χ4n) is 1.87. The first kappa shape index (κ1) is 14.1. The fraction of sp³-hybridized carbons (Fsp3) is 0.333. The van der Waals surface area contributed by atoms with E-state index in [0.29, 0.717) is 5.58 Å². The zero-order valence-corrected chi connectivity index (χ0v) is 11.7. The predicted molar refractivity (Wildman–Crippen MR) is 74.5 cm³/mol. The Kier molecular flexibility index (Phi) is 4.08. The van der Waals surface area contributed by atoms with Crippen LogP contribution < -0.4 is 5.32 Å². The number of hydrogen-bond acceptors (Lipinski definition) is 4. The quantitative estimate of drug-likeness (QED) is 0.870. The molecule has 0 aliphatic heterocycles. The lowest BCUT2D eigenvalue weighted by Crippen LogP contribution is -2.39. The van der Waals surface area contributed by atoms with E-state index in [9.17, 15) is 9.59 Å². The van der Waals surface area contributed by atoms with Crippen molar-refractivity contribution in [1.29, 1.82) is 0 Å². The summed E-state index contributed by atoms with van der Waals surface area (Å²) in [7, 11) is 0. The number of carbonyl (C=O) groups excluding carboxylic acids is 2. The van der Waals surface area contributed by atoms with Crippen molar-refractivity contribution in [2.75, 3.05) is 6.61 Å². The monoisotopic (exact) mass is 275 g/mol. The molecular weight excluding hydrogens is 258 g/mol. The molecule has 1 aromatic carbocycles. The van der Waals surface area contributed by atoms with E-state index in [1.165, 1.54) is 0 Å². The number of rotatable bonds is 4. The molecule has 0 bridgehead atoms. The molecule has 1 atom stereocenters. The first-order chi connectivity index (χ1) is 9.51. The second kappa shape index (κ2) is 5.77. The molecule has 1 N–H and O–H groups in total. The summed E-state index contributed by atoms with van der Waals surface area (Å²) in [4.78, 5) is 23.5. The number of ether oxygens (including phenoxy) is 1. The van der Waals surface area contributed by atoms with Crippen molar-refractivity contribution < 1.29 is 18.7 Å². The second-order valence-electron chi connectivity index (χ2n) is 4.60. The summed E-state index contributed by atoms with van der Waals surface area (Å²) in [5.41, 5.74) is 1.73. The Hall–Kier alpha value is -2.30. The van der Waals surface area contributed by atoms with Crippen LogP contribution in [0.25, 0.3) is 11.0 Å². The zero-order valence-electron chi connectivity index (χ0n) is 11.7. The van der Waals surface area contributed by atoms with Crippen LogP contribution in [0.2, 0.25) is 0 Å². The number of hydrogen-bond donors (Lipinski definition) is 1. The average Bonchev–Trinajstić information content (AvgIpc) is 2.81. The van der Waals surface area contributed by atoms with E-state index in [4.69, 9.17) is 9.15 Å². The van der Waals surface area contributed by atoms with E-state index in [0.717, 1.165) is 10.9 Å². The molecular formula is C15H17NO4. The molecule has 0 spiro atoms. The van der Waals surface area contributed by atoms with Gasteiger partial charge in [-0.2, -0.15) is 0 Å². The molecule has 2 rings (SSSR count). The minimum Gasteiger partial charge on any atom is -0.464 e. The van der Waals surface area contributed by atoms with E-state index in [2.05, 4.69) is 5.32 Å². The van der Waals surface area contributed by atoms with Crippen LogP contribution in [0.3, 0.4) is 0 Å². The van der Waals surface area contributed by atoms with Crippen LogP contribution in [-0.2, 0) is 9.53 Å². The Morgan fingerprint density at radius 3 is 2.80 bits per heavy atom. The number of nitrogens with one attached hydrogen (secondary N) is 1. The van der Waals surface area contributed by atoms with Gasteiger partial charge in [-0.15, -0.1) is 0 Å². The van der Waals surface area contributed by atoms with Gasteiger partial charge in [-0.1, -0.05) is 11.6 Å². The maximum atomic E-state index is 12.0. The lowest BCUT2D eigenvalue weighted by Gasteiger charge is -2.11. The zero-order chi connectivity index (χ0) is 14.7. The molecule has 106 valence electrons. The molecule has 1 aromatic heterocycles. The molecule has 0 radical (unpaired) electrons. The Balaban J connectivity index is 2.13. The Morgan fingerprint density at radius 2 is 2.10 bits per heavy atom. The fourth-order valence-corrected chi connectivity index (χ4v) is 1.87. The van der Waals surface area contributed by atoms with Gasteiger partial charge in [0.2, 0.25) is 0 Å². The van der Waals surface area contributed by atoms with Crippen LogP contribution in [0.15, 0.2) is 28.7 Å². The summed E-state index contributed by atoms with van der Waals surface area (Å²) in [6.45, 7) is 5.54. The summed E-state index contributed by atoms with van der Waals surface area (Å²) >= 11 is 0. The third-order valence-electron chi connectivity index (χ3n) is 2.88. The van der Waals surface area contributed by atoms with Gasteiger partial charge in [0.25, 0.3) is 5.91 Å². The largest absolute Gasteiger partial charge is 0.464 e. The van der Waals surface area contributed by atoms with Gasteiger partial charge in [-0.3, -0.25) is 4.79 Å². The van der Waals surface area contributed by atoms with Crippen molar-refractivity contribution in [3.05, 3.63) is 35.6 Å². The number of furan rings is 1. The molecule has 0 aliphatic carbocycles.